The molecular formula is C12H15Cl2NOS. The van der Waals surface area contributed by atoms with Crippen molar-refractivity contribution in [2.75, 3.05) is 6.54 Å². The van der Waals surface area contributed by atoms with E-state index in [0.717, 1.165) is 25.8 Å². The highest BCUT2D eigenvalue weighted by molar-refractivity contribution is 7.17. The standard InChI is InChI=1S/C12H15Cl2NOS/c13-9-3-1-2-8(6-9)7-15-12(16)10-4-5-11(14)17-10/h4-5,8-9H,1-3,6-7H2,(H,15,16). The number of hydrogen-bond donors (Lipinski definition) is 1. The lowest BCUT2D eigenvalue weighted by atomic mass is 9.89. The van der Waals surface area contributed by atoms with Gasteiger partial charge in [0, 0.05) is 11.9 Å². The molecule has 2 atom stereocenters. The second kappa shape index (κ2) is 6.07. The molecule has 0 radical (unpaired) electrons. The van der Waals surface area contributed by atoms with Crippen molar-refractivity contribution in [2.24, 2.45) is 5.92 Å². The molecule has 1 saturated carbocycles. The Bertz CT molecular complexity index is 394. The van der Waals surface area contributed by atoms with Gasteiger partial charge >= 0.3 is 0 Å². The molecule has 1 aliphatic carbocycles. The molecule has 2 unspecified atom stereocenters. The molecule has 1 N–H and O–H groups in total. The number of carbonyl (C=O) groups is 1. The van der Waals surface area contributed by atoms with Crippen LogP contribution in [0.25, 0.3) is 0 Å². The maximum absolute atomic E-state index is 11.8. The van der Waals surface area contributed by atoms with Gasteiger partial charge in [-0.15, -0.1) is 22.9 Å². The summed E-state index contributed by atoms with van der Waals surface area (Å²) in [6.45, 7) is 0.720. The number of hydrogen-bond acceptors (Lipinski definition) is 2. The van der Waals surface area contributed by atoms with Crippen molar-refractivity contribution in [3.63, 3.8) is 0 Å². The first-order valence-corrected chi connectivity index (χ1v) is 7.46. The fourth-order valence-electron chi connectivity index (χ4n) is 2.17. The van der Waals surface area contributed by atoms with E-state index in [-0.39, 0.29) is 11.3 Å². The van der Waals surface area contributed by atoms with Gasteiger partial charge in [0.05, 0.1) is 9.21 Å². The molecule has 0 spiro atoms. The van der Waals surface area contributed by atoms with Gasteiger partial charge in [0.25, 0.3) is 5.91 Å². The van der Waals surface area contributed by atoms with E-state index in [1.54, 1.807) is 12.1 Å². The van der Waals surface area contributed by atoms with Crippen molar-refractivity contribution in [1.29, 1.82) is 0 Å². The number of alkyl halides is 1. The summed E-state index contributed by atoms with van der Waals surface area (Å²) in [7, 11) is 0. The van der Waals surface area contributed by atoms with Crippen molar-refractivity contribution in [1.82, 2.24) is 5.32 Å². The van der Waals surface area contributed by atoms with Crippen LogP contribution in [0.1, 0.15) is 35.4 Å². The molecule has 2 rings (SSSR count). The topological polar surface area (TPSA) is 29.1 Å². The molecule has 1 amide bonds. The minimum absolute atomic E-state index is 0.0291. The molecule has 1 aromatic rings. The van der Waals surface area contributed by atoms with Crippen LogP contribution in [-0.2, 0) is 0 Å². The third kappa shape index (κ3) is 3.87. The predicted molar refractivity (Wildman–Crippen MR) is 73.3 cm³/mol. The summed E-state index contributed by atoms with van der Waals surface area (Å²) < 4.78 is 0.647. The first-order chi connectivity index (χ1) is 8.15. The van der Waals surface area contributed by atoms with E-state index in [1.807, 2.05) is 0 Å². The Morgan fingerprint density at radius 2 is 2.29 bits per heavy atom. The van der Waals surface area contributed by atoms with E-state index in [9.17, 15) is 4.79 Å². The lowest BCUT2D eigenvalue weighted by molar-refractivity contribution is 0.0948. The second-order valence-corrected chi connectivity index (χ2v) is 6.78. The number of rotatable bonds is 3. The summed E-state index contributed by atoms with van der Waals surface area (Å²) in [5, 5.41) is 3.24. The quantitative estimate of drug-likeness (QED) is 0.840. The summed E-state index contributed by atoms with van der Waals surface area (Å²) in [4.78, 5) is 12.5. The summed E-state index contributed by atoms with van der Waals surface area (Å²) in [6.07, 6.45) is 4.44. The first-order valence-electron chi connectivity index (χ1n) is 5.83. The number of carbonyl (C=O) groups excluding carboxylic acids is 1. The highest BCUT2D eigenvalue weighted by Gasteiger charge is 2.21. The molecule has 1 heterocycles. The van der Waals surface area contributed by atoms with Gasteiger partial charge in [-0.3, -0.25) is 4.79 Å². The van der Waals surface area contributed by atoms with Gasteiger partial charge < -0.3 is 5.32 Å². The van der Waals surface area contributed by atoms with Crippen LogP contribution in [0.3, 0.4) is 0 Å². The molecule has 0 aromatic carbocycles. The highest BCUT2D eigenvalue weighted by atomic mass is 35.5. The fraction of sp³-hybridized carbons (Fsp3) is 0.583. The monoisotopic (exact) mass is 291 g/mol. The number of nitrogens with one attached hydrogen (secondary N) is 1. The van der Waals surface area contributed by atoms with Crippen LogP contribution in [0.5, 0.6) is 0 Å². The van der Waals surface area contributed by atoms with Crippen LogP contribution in [-0.4, -0.2) is 17.8 Å². The van der Waals surface area contributed by atoms with Crippen LogP contribution in [0.15, 0.2) is 12.1 Å². The van der Waals surface area contributed by atoms with E-state index in [4.69, 9.17) is 23.2 Å². The largest absolute Gasteiger partial charge is 0.351 e. The maximum atomic E-state index is 11.8. The van der Waals surface area contributed by atoms with E-state index in [0.29, 0.717) is 15.1 Å². The molecule has 0 aliphatic heterocycles. The summed E-state index contributed by atoms with van der Waals surface area (Å²) in [5.74, 6) is 0.490. The molecule has 2 nitrogen and oxygen atoms in total. The van der Waals surface area contributed by atoms with Gasteiger partial charge in [0.2, 0.25) is 0 Å². The minimum Gasteiger partial charge on any atom is -0.351 e. The highest BCUT2D eigenvalue weighted by Crippen LogP contribution is 2.27. The summed E-state index contributed by atoms with van der Waals surface area (Å²) >= 11 is 13.2. The van der Waals surface area contributed by atoms with Crippen molar-refractivity contribution in [2.45, 2.75) is 31.1 Å². The van der Waals surface area contributed by atoms with Gasteiger partial charge in [-0.25, -0.2) is 0 Å². The SMILES string of the molecule is O=C(NCC1CCCC(Cl)C1)c1ccc(Cl)s1. The molecule has 1 fully saturated rings. The molecule has 1 aromatic heterocycles. The number of halogens is 2. The Morgan fingerprint density at radius 3 is 2.94 bits per heavy atom. The Labute approximate surface area is 115 Å². The number of thiophene rings is 1. The molecule has 0 bridgehead atoms. The molecule has 1 aliphatic rings. The van der Waals surface area contributed by atoms with Crippen molar-refractivity contribution in [3.05, 3.63) is 21.3 Å². The van der Waals surface area contributed by atoms with E-state index >= 15 is 0 Å². The Morgan fingerprint density at radius 1 is 1.47 bits per heavy atom. The van der Waals surface area contributed by atoms with Gasteiger partial charge in [-0.1, -0.05) is 18.0 Å². The average molecular weight is 292 g/mol. The molecule has 17 heavy (non-hydrogen) atoms. The van der Waals surface area contributed by atoms with Crippen molar-refractivity contribution >= 4 is 40.4 Å². The summed E-state index contributed by atoms with van der Waals surface area (Å²) in [5.41, 5.74) is 0. The Balaban J connectivity index is 1.80. The molecule has 5 heteroatoms. The van der Waals surface area contributed by atoms with Crippen LogP contribution >= 0.6 is 34.5 Å². The maximum Gasteiger partial charge on any atom is 0.261 e. The third-order valence-corrected chi connectivity index (χ3v) is 4.69. The van der Waals surface area contributed by atoms with Crippen LogP contribution < -0.4 is 5.32 Å². The zero-order valence-corrected chi connectivity index (χ0v) is 11.7. The average Bonchev–Trinajstić information content (AvgIpc) is 2.73. The fourth-order valence-corrected chi connectivity index (χ4v) is 3.54. The molecule has 0 saturated heterocycles. The van der Waals surface area contributed by atoms with Gasteiger partial charge in [-0.05, 0) is 37.3 Å². The normalized spacial score (nSPS) is 24.6. The zero-order valence-electron chi connectivity index (χ0n) is 9.42. The van der Waals surface area contributed by atoms with E-state index < -0.39 is 0 Å². The van der Waals surface area contributed by atoms with Crippen LogP contribution in [0.2, 0.25) is 4.34 Å². The lowest BCUT2D eigenvalue weighted by Gasteiger charge is -2.25. The molecular weight excluding hydrogens is 277 g/mol. The second-order valence-electron chi connectivity index (χ2n) is 4.44. The lowest BCUT2D eigenvalue weighted by Crippen LogP contribution is -2.31. The summed E-state index contributed by atoms with van der Waals surface area (Å²) in [6, 6.07) is 3.50. The minimum atomic E-state index is -0.0291. The first kappa shape index (κ1) is 13.2. The zero-order chi connectivity index (χ0) is 12.3. The third-order valence-electron chi connectivity index (χ3n) is 3.07. The van der Waals surface area contributed by atoms with Gasteiger partial charge in [0.15, 0.2) is 0 Å². The Kier molecular flexibility index (Phi) is 4.71. The van der Waals surface area contributed by atoms with E-state index in [1.165, 1.54) is 17.8 Å². The Hall–Kier alpha value is -0.250. The van der Waals surface area contributed by atoms with Crippen molar-refractivity contribution in [3.8, 4) is 0 Å². The van der Waals surface area contributed by atoms with Gasteiger partial charge in [0.1, 0.15) is 0 Å². The number of amides is 1. The van der Waals surface area contributed by atoms with E-state index in [2.05, 4.69) is 5.32 Å². The van der Waals surface area contributed by atoms with Gasteiger partial charge in [-0.2, -0.15) is 0 Å². The predicted octanol–water partition coefficient (Wildman–Crippen LogP) is 3.93. The smallest absolute Gasteiger partial charge is 0.261 e. The van der Waals surface area contributed by atoms with Crippen LogP contribution in [0.4, 0.5) is 0 Å². The van der Waals surface area contributed by atoms with Crippen molar-refractivity contribution < 1.29 is 4.79 Å². The molecule has 94 valence electrons. The van der Waals surface area contributed by atoms with Crippen LogP contribution in [0, 0.1) is 5.92 Å².